The van der Waals surface area contributed by atoms with Gasteiger partial charge in [-0.15, -0.1) is 0 Å². The SMILES string of the molecule is CC(CCS)CCN1CCC(C)(C)CCC1=O. The van der Waals surface area contributed by atoms with Gasteiger partial charge < -0.3 is 4.90 Å². The first-order valence-corrected chi connectivity index (χ1v) is 7.46. The predicted octanol–water partition coefficient (Wildman–Crippen LogP) is 3.37. The highest BCUT2D eigenvalue weighted by molar-refractivity contribution is 7.80. The normalized spacial score (nSPS) is 22.4. The molecule has 17 heavy (non-hydrogen) atoms. The van der Waals surface area contributed by atoms with E-state index >= 15 is 0 Å². The third kappa shape index (κ3) is 5.33. The molecule has 0 aromatic carbocycles. The molecule has 1 amide bonds. The molecule has 1 aliphatic rings. The molecule has 0 aliphatic carbocycles. The Hall–Kier alpha value is -0.180. The molecule has 1 heterocycles. The first-order valence-electron chi connectivity index (χ1n) is 6.83. The predicted molar refractivity (Wildman–Crippen MR) is 76.5 cm³/mol. The molecule has 0 bridgehead atoms. The summed E-state index contributed by atoms with van der Waals surface area (Å²) in [5.41, 5.74) is 0.334. The third-order valence-electron chi connectivity index (χ3n) is 3.94. The molecule has 1 saturated heterocycles. The highest BCUT2D eigenvalue weighted by Gasteiger charge is 2.27. The van der Waals surface area contributed by atoms with Crippen LogP contribution >= 0.6 is 12.6 Å². The summed E-state index contributed by atoms with van der Waals surface area (Å²) in [7, 11) is 0. The minimum Gasteiger partial charge on any atom is -0.343 e. The van der Waals surface area contributed by atoms with E-state index in [1.807, 2.05) is 0 Å². The summed E-state index contributed by atoms with van der Waals surface area (Å²) >= 11 is 4.26. The van der Waals surface area contributed by atoms with Crippen molar-refractivity contribution < 1.29 is 4.79 Å². The molecular formula is C14H27NOS. The van der Waals surface area contributed by atoms with Gasteiger partial charge in [-0.05, 0) is 42.8 Å². The van der Waals surface area contributed by atoms with Gasteiger partial charge in [-0.1, -0.05) is 20.8 Å². The number of thiol groups is 1. The van der Waals surface area contributed by atoms with Crippen LogP contribution in [0.4, 0.5) is 0 Å². The van der Waals surface area contributed by atoms with Gasteiger partial charge in [0.2, 0.25) is 5.91 Å². The first kappa shape index (κ1) is 14.9. The van der Waals surface area contributed by atoms with Crippen LogP contribution in [0.3, 0.4) is 0 Å². The zero-order valence-electron chi connectivity index (χ0n) is 11.5. The lowest BCUT2D eigenvalue weighted by atomic mass is 9.85. The number of amides is 1. The fourth-order valence-electron chi connectivity index (χ4n) is 2.27. The maximum Gasteiger partial charge on any atom is 0.222 e. The second kappa shape index (κ2) is 6.67. The van der Waals surface area contributed by atoms with Crippen molar-refractivity contribution in [3.05, 3.63) is 0 Å². The zero-order valence-corrected chi connectivity index (χ0v) is 12.4. The van der Waals surface area contributed by atoms with Gasteiger partial charge in [0, 0.05) is 19.5 Å². The molecule has 0 aromatic rings. The first-order chi connectivity index (χ1) is 7.94. The van der Waals surface area contributed by atoms with Crippen LogP contribution in [0.2, 0.25) is 0 Å². The number of carbonyl (C=O) groups is 1. The van der Waals surface area contributed by atoms with Crippen molar-refractivity contribution in [3.8, 4) is 0 Å². The van der Waals surface area contributed by atoms with Crippen molar-refractivity contribution in [2.75, 3.05) is 18.8 Å². The highest BCUT2D eigenvalue weighted by atomic mass is 32.1. The summed E-state index contributed by atoms with van der Waals surface area (Å²) in [4.78, 5) is 14.1. The Morgan fingerprint density at radius 2 is 2.06 bits per heavy atom. The second-order valence-electron chi connectivity index (χ2n) is 6.20. The fourth-order valence-corrected chi connectivity index (χ4v) is 2.71. The smallest absolute Gasteiger partial charge is 0.222 e. The Morgan fingerprint density at radius 3 is 2.71 bits per heavy atom. The average molecular weight is 257 g/mol. The van der Waals surface area contributed by atoms with E-state index in [-0.39, 0.29) is 0 Å². The largest absolute Gasteiger partial charge is 0.343 e. The molecule has 2 nitrogen and oxygen atoms in total. The van der Waals surface area contributed by atoms with E-state index in [1.165, 1.54) is 0 Å². The number of rotatable bonds is 5. The Bertz CT molecular complexity index is 253. The molecule has 1 fully saturated rings. The Kier molecular flexibility index (Phi) is 5.84. The van der Waals surface area contributed by atoms with Crippen molar-refractivity contribution >= 4 is 18.5 Å². The molecule has 1 rings (SSSR count). The Balaban J connectivity index is 2.39. The monoisotopic (exact) mass is 257 g/mol. The number of hydrogen-bond acceptors (Lipinski definition) is 2. The molecule has 0 saturated carbocycles. The van der Waals surface area contributed by atoms with Gasteiger partial charge >= 0.3 is 0 Å². The van der Waals surface area contributed by atoms with Crippen LogP contribution in [-0.4, -0.2) is 29.6 Å². The third-order valence-corrected chi connectivity index (χ3v) is 4.20. The van der Waals surface area contributed by atoms with E-state index < -0.39 is 0 Å². The Morgan fingerprint density at radius 1 is 1.35 bits per heavy atom. The van der Waals surface area contributed by atoms with E-state index in [1.54, 1.807) is 0 Å². The summed E-state index contributed by atoms with van der Waals surface area (Å²) in [5.74, 6) is 1.98. The molecule has 0 aromatic heterocycles. The molecular weight excluding hydrogens is 230 g/mol. The van der Waals surface area contributed by atoms with Gasteiger partial charge in [0.05, 0.1) is 0 Å². The quantitative estimate of drug-likeness (QED) is 0.749. The molecule has 1 atom stereocenters. The molecule has 0 spiro atoms. The summed E-state index contributed by atoms with van der Waals surface area (Å²) in [6.07, 6.45) is 5.17. The van der Waals surface area contributed by atoms with Crippen LogP contribution in [0.15, 0.2) is 0 Å². The van der Waals surface area contributed by atoms with Gasteiger partial charge in [-0.3, -0.25) is 4.79 Å². The number of hydrogen-bond donors (Lipinski definition) is 1. The maximum absolute atomic E-state index is 12.0. The minimum absolute atomic E-state index is 0.334. The van der Waals surface area contributed by atoms with Crippen LogP contribution in [0.1, 0.15) is 52.9 Å². The van der Waals surface area contributed by atoms with Crippen molar-refractivity contribution in [1.82, 2.24) is 4.90 Å². The topological polar surface area (TPSA) is 20.3 Å². The average Bonchev–Trinajstić information content (AvgIpc) is 2.38. The molecule has 0 radical (unpaired) electrons. The Labute approximate surface area is 112 Å². The van der Waals surface area contributed by atoms with E-state index in [2.05, 4.69) is 38.3 Å². The van der Waals surface area contributed by atoms with E-state index in [0.717, 1.165) is 50.9 Å². The van der Waals surface area contributed by atoms with E-state index in [0.29, 0.717) is 17.2 Å². The molecule has 1 unspecified atom stereocenters. The lowest BCUT2D eigenvalue weighted by Crippen LogP contribution is -2.32. The number of likely N-dealkylation sites (tertiary alicyclic amines) is 1. The van der Waals surface area contributed by atoms with E-state index in [4.69, 9.17) is 0 Å². The van der Waals surface area contributed by atoms with Crippen LogP contribution in [0.5, 0.6) is 0 Å². The zero-order chi connectivity index (χ0) is 12.9. The van der Waals surface area contributed by atoms with Gasteiger partial charge in [0.1, 0.15) is 0 Å². The van der Waals surface area contributed by atoms with Gasteiger partial charge in [-0.2, -0.15) is 12.6 Å². The van der Waals surface area contributed by atoms with Crippen LogP contribution < -0.4 is 0 Å². The van der Waals surface area contributed by atoms with Crippen molar-refractivity contribution in [2.24, 2.45) is 11.3 Å². The summed E-state index contributed by atoms with van der Waals surface area (Å²) in [5, 5.41) is 0. The molecule has 3 heteroatoms. The highest BCUT2D eigenvalue weighted by Crippen LogP contribution is 2.30. The van der Waals surface area contributed by atoms with Gasteiger partial charge in [0.25, 0.3) is 0 Å². The lowest BCUT2D eigenvalue weighted by molar-refractivity contribution is -0.130. The summed E-state index contributed by atoms with van der Waals surface area (Å²) in [6.45, 7) is 8.67. The molecule has 100 valence electrons. The van der Waals surface area contributed by atoms with Crippen molar-refractivity contribution in [1.29, 1.82) is 0 Å². The van der Waals surface area contributed by atoms with Gasteiger partial charge in [-0.25, -0.2) is 0 Å². The second-order valence-corrected chi connectivity index (χ2v) is 6.65. The van der Waals surface area contributed by atoms with Gasteiger partial charge in [0.15, 0.2) is 0 Å². The fraction of sp³-hybridized carbons (Fsp3) is 0.929. The summed E-state index contributed by atoms with van der Waals surface area (Å²) in [6, 6.07) is 0. The number of carbonyl (C=O) groups excluding carboxylic acids is 1. The lowest BCUT2D eigenvalue weighted by Gasteiger charge is -2.24. The molecule has 0 N–H and O–H groups in total. The number of nitrogens with zero attached hydrogens (tertiary/aromatic N) is 1. The van der Waals surface area contributed by atoms with E-state index in [9.17, 15) is 4.79 Å². The standard InChI is InChI=1S/C14H27NOS/c1-12(6-11-17)5-9-15-10-8-14(2,3)7-4-13(15)16/h12,17H,4-11H2,1-3H3. The van der Waals surface area contributed by atoms with Crippen LogP contribution in [0.25, 0.3) is 0 Å². The van der Waals surface area contributed by atoms with Crippen LogP contribution in [0, 0.1) is 11.3 Å². The van der Waals surface area contributed by atoms with Crippen LogP contribution in [-0.2, 0) is 4.79 Å². The van der Waals surface area contributed by atoms with Crippen molar-refractivity contribution in [2.45, 2.75) is 52.9 Å². The summed E-state index contributed by atoms with van der Waals surface area (Å²) < 4.78 is 0. The molecule has 1 aliphatic heterocycles. The maximum atomic E-state index is 12.0. The van der Waals surface area contributed by atoms with Crippen molar-refractivity contribution in [3.63, 3.8) is 0 Å². The minimum atomic E-state index is 0.334.